The van der Waals surface area contributed by atoms with Gasteiger partial charge in [-0.15, -0.1) is 35.3 Å². The van der Waals surface area contributed by atoms with Gasteiger partial charge in [0.05, 0.1) is 24.5 Å². The molecule has 2 heterocycles. The van der Waals surface area contributed by atoms with Crippen molar-refractivity contribution in [2.45, 2.75) is 42.4 Å². The fourth-order valence-electron chi connectivity index (χ4n) is 5.58. The van der Waals surface area contributed by atoms with Gasteiger partial charge in [0.1, 0.15) is 0 Å². The Bertz CT molecular complexity index is 2680. The Labute approximate surface area is 329 Å². The standard InChI is InChI=1S/C21H15ClOS2.C13H6Cl2OS.C8H10S/c1-12-6-5-7-13(2)20(12)25-17-11-10-15-19(23)14-8-3-4-9-16(14)24-21(15)18(17)22;14-9-6-5-8-12(16)7-3-1-2-4-10(7)17-13(8)11(9)15;1-6-4-3-5-7(2)8(6)9/h3-11H,1-2H3;1-6H;3-5,9H,1-2H3. The summed E-state index contributed by atoms with van der Waals surface area (Å²) < 4.78 is 3.51. The van der Waals surface area contributed by atoms with Crippen molar-refractivity contribution in [3.05, 3.63) is 167 Å². The first-order chi connectivity index (χ1) is 24.5. The third kappa shape index (κ3) is 7.89. The normalized spacial score (nSPS) is 11.0. The number of hydrogen-bond donors (Lipinski definition) is 1. The first-order valence-electron chi connectivity index (χ1n) is 15.9. The molecule has 256 valence electrons. The van der Waals surface area contributed by atoms with Gasteiger partial charge in [0, 0.05) is 45.6 Å². The summed E-state index contributed by atoms with van der Waals surface area (Å²) >= 11 is 27.9. The van der Waals surface area contributed by atoms with Gasteiger partial charge >= 0.3 is 0 Å². The molecule has 51 heavy (non-hydrogen) atoms. The van der Waals surface area contributed by atoms with E-state index in [9.17, 15) is 9.59 Å². The minimum absolute atomic E-state index is 0.00733. The van der Waals surface area contributed by atoms with E-state index < -0.39 is 0 Å². The average Bonchev–Trinajstić information content (AvgIpc) is 3.12. The molecule has 8 aromatic rings. The third-order valence-corrected chi connectivity index (χ3v) is 14.4. The van der Waals surface area contributed by atoms with E-state index in [1.807, 2.05) is 66.7 Å². The number of halogens is 3. The number of rotatable bonds is 2. The average molecular weight is 802 g/mol. The van der Waals surface area contributed by atoms with Crippen LogP contribution >= 0.6 is 81.9 Å². The van der Waals surface area contributed by atoms with Crippen molar-refractivity contribution >= 4 is 122 Å². The first kappa shape index (κ1) is 37.4. The molecule has 2 aromatic heterocycles. The van der Waals surface area contributed by atoms with Crippen LogP contribution in [-0.4, -0.2) is 0 Å². The molecule has 0 saturated heterocycles. The smallest absolute Gasteiger partial charge is 0.195 e. The van der Waals surface area contributed by atoms with E-state index in [-0.39, 0.29) is 10.9 Å². The first-order valence-corrected chi connectivity index (χ1v) is 19.9. The molecule has 0 radical (unpaired) electrons. The second-order valence-corrected chi connectivity index (χ2v) is 16.7. The molecule has 0 amide bonds. The van der Waals surface area contributed by atoms with Gasteiger partial charge in [-0.25, -0.2) is 0 Å². The molecule has 0 atom stereocenters. The number of aryl methyl sites for hydroxylation is 4. The van der Waals surface area contributed by atoms with E-state index in [2.05, 4.69) is 70.7 Å². The molecule has 9 heteroatoms. The number of hydrogen-bond acceptors (Lipinski definition) is 6. The van der Waals surface area contributed by atoms with Gasteiger partial charge < -0.3 is 0 Å². The lowest BCUT2D eigenvalue weighted by atomic mass is 10.2. The summed E-state index contributed by atoms with van der Waals surface area (Å²) in [7, 11) is 0. The van der Waals surface area contributed by atoms with Crippen LogP contribution in [-0.2, 0) is 0 Å². The highest BCUT2D eigenvalue weighted by atomic mass is 35.5. The zero-order valence-electron chi connectivity index (χ0n) is 28.0. The molecule has 0 aliphatic rings. The van der Waals surface area contributed by atoms with Gasteiger partial charge in [-0.3, -0.25) is 9.59 Å². The molecule has 0 fully saturated rings. The van der Waals surface area contributed by atoms with Crippen LogP contribution in [0.1, 0.15) is 22.3 Å². The van der Waals surface area contributed by atoms with Crippen LogP contribution in [0.3, 0.4) is 0 Å². The van der Waals surface area contributed by atoms with Crippen LogP contribution in [0.15, 0.2) is 133 Å². The van der Waals surface area contributed by atoms with Crippen molar-refractivity contribution in [1.29, 1.82) is 0 Å². The molecule has 8 rings (SSSR count). The van der Waals surface area contributed by atoms with Gasteiger partial charge in [0.15, 0.2) is 10.9 Å². The zero-order valence-corrected chi connectivity index (χ0v) is 33.6. The molecule has 0 spiro atoms. The molecule has 0 bridgehead atoms. The van der Waals surface area contributed by atoms with E-state index in [0.717, 1.165) is 39.4 Å². The second-order valence-electron chi connectivity index (χ2n) is 11.9. The molecule has 0 N–H and O–H groups in total. The van der Waals surface area contributed by atoms with Crippen molar-refractivity contribution in [2.24, 2.45) is 0 Å². The Morgan fingerprint density at radius 2 is 0.961 bits per heavy atom. The lowest BCUT2D eigenvalue weighted by Crippen LogP contribution is -2.01. The fourth-order valence-corrected chi connectivity index (χ4v) is 9.90. The van der Waals surface area contributed by atoms with Crippen LogP contribution in [0, 0.1) is 27.7 Å². The zero-order chi connectivity index (χ0) is 36.4. The maximum Gasteiger partial charge on any atom is 0.195 e. The van der Waals surface area contributed by atoms with Crippen molar-refractivity contribution in [2.75, 3.05) is 0 Å². The predicted molar refractivity (Wildman–Crippen MR) is 229 cm³/mol. The highest BCUT2D eigenvalue weighted by Gasteiger charge is 2.14. The van der Waals surface area contributed by atoms with Gasteiger partial charge in [-0.1, -0.05) is 107 Å². The summed E-state index contributed by atoms with van der Waals surface area (Å²) in [5.41, 5.74) is 5.01. The number of benzene rings is 6. The summed E-state index contributed by atoms with van der Waals surface area (Å²) in [6.45, 7) is 8.34. The van der Waals surface area contributed by atoms with Gasteiger partial charge in [0.25, 0.3) is 0 Å². The van der Waals surface area contributed by atoms with Gasteiger partial charge in [-0.05, 0) is 98.5 Å². The predicted octanol–water partition coefficient (Wildman–Crippen LogP) is 14.1. The SMILES string of the molecule is Cc1cccc(C)c1S.Cc1cccc(C)c1Sc1ccc2c(=O)c3ccccc3sc2c1Cl.O=c1c2ccccc2sc2c(Cl)c(Cl)ccc12. The van der Waals surface area contributed by atoms with Crippen molar-refractivity contribution in [1.82, 2.24) is 0 Å². The molecule has 6 aromatic carbocycles. The Kier molecular flexibility index (Phi) is 11.8. The fraction of sp³-hybridized carbons (Fsp3) is 0.0952. The van der Waals surface area contributed by atoms with E-state index in [1.54, 1.807) is 35.2 Å². The number of fused-ring (bicyclic) bond motifs is 4. The van der Waals surface area contributed by atoms with Gasteiger partial charge in [-0.2, -0.15) is 0 Å². The lowest BCUT2D eigenvalue weighted by molar-refractivity contribution is 1.21. The van der Waals surface area contributed by atoms with E-state index in [4.69, 9.17) is 34.8 Å². The number of thiol groups is 1. The largest absolute Gasteiger partial charge is 0.289 e. The quantitative estimate of drug-likeness (QED) is 0.140. The Balaban J connectivity index is 0.000000148. The Hall–Kier alpha value is -3.33. The third-order valence-electron chi connectivity index (χ3n) is 8.35. The monoisotopic (exact) mass is 800 g/mol. The molecule has 0 aliphatic heterocycles. The summed E-state index contributed by atoms with van der Waals surface area (Å²) in [6.07, 6.45) is 0. The minimum atomic E-state index is 0.00733. The summed E-state index contributed by atoms with van der Waals surface area (Å²) in [4.78, 5) is 28.3. The Morgan fingerprint density at radius 3 is 1.47 bits per heavy atom. The molecule has 0 aliphatic carbocycles. The lowest BCUT2D eigenvalue weighted by Gasteiger charge is -2.12. The van der Waals surface area contributed by atoms with E-state index >= 15 is 0 Å². The second kappa shape index (κ2) is 16.1. The summed E-state index contributed by atoms with van der Waals surface area (Å²) in [5.74, 6) is 0. The molecule has 2 nitrogen and oxygen atoms in total. The van der Waals surface area contributed by atoms with E-state index in [0.29, 0.717) is 25.8 Å². The van der Waals surface area contributed by atoms with Crippen molar-refractivity contribution in [3.8, 4) is 0 Å². The molecular weight excluding hydrogens is 771 g/mol. The topological polar surface area (TPSA) is 34.1 Å². The maximum absolute atomic E-state index is 12.8. The highest BCUT2D eigenvalue weighted by Crippen LogP contribution is 2.42. The van der Waals surface area contributed by atoms with Crippen molar-refractivity contribution in [3.63, 3.8) is 0 Å². The van der Waals surface area contributed by atoms with Crippen LogP contribution in [0.4, 0.5) is 0 Å². The summed E-state index contributed by atoms with van der Waals surface area (Å²) in [5, 5.41) is 4.40. The van der Waals surface area contributed by atoms with Crippen LogP contribution in [0.2, 0.25) is 15.1 Å². The van der Waals surface area contributed by atoms with Crippen LogP contribution in [0.25, 0.3) is 40.3 Å². The van der Waals surface area contributed by atoms with Gasteiger partial charge in [0.2, 0.25) is 0 Å². The molecular formula is C42H31Cl3O2S4. The summed E-state index contributed by atoms with van der Waals surface area (Å²) in [6, 6.07) is 34.9. The molecule has 0 unspecified atom stereocenters. The van der Waals surface area contributed by atoms with Crippen molar-refractivity contribution < 1.29 is 0 Å². The highest BCUT2D eigenvalue weighted by molar-refractivity contribution is 7.99. The van der Waals surface area contributed by atoms with E-state index in [1.165, 1.54) is 38.5 Å². The van der Waals surface area contributed by atoms with Crippen LogP contribution in [0.5, 0.6) is 0 Å². The molecule has 0 saturated carbocycles. The Morgan fingerprint density at radius 1 is 0.510 bits per heavy atom. The minimum Gasteiger partial charge on any atom is -0.289 e. The van der Waals surface area contributed by atoms with Crippen LogP contribution < -0.4 is 10.9 Å². The maximum atomic E-state index is 12.8.